The van der Waals surface area contributed by atoms with Gasteiger partial charge in [-0.2, -0.15) is 0 Å². The Morgan fingerprint density at radius 1 is 1.26 bits per heavy atom. The molecule has 1 amide bonds. The van der Waals surface area contributed by atoms with Crippen LogP contribution in [0.15, 0.2) is 0 Å². The summed E-state index contributed by atoms with van der Waals surface area (Å²) in [5.41, 5.74) is 6.70. The molecule has 2 N–H and O–H groups in total. The van der Waals surface area contributed by atoms with E-state index in [0.29, 0.717) is 16.9 Å². The minimum Gasteiger partial charge on any atom is -0.338 e. The molecule has 1 saturated carbocycles. The Labute approximate surface area is 123 Å². The Bertz CT molecular complexity index is 356. The van der Waals surface area contributed by atoms with E-state index in [0.717, 1.165) is 19.4 Å². The minimum atomic E-state index is -0.337. The van der Waals surface area contributed by atoms with Crippen molar-refractivity contribution in [1.29, 1.82) is 0 Å². The molecule has 4 heteroatoms. The van der Waals surface area contributed by atoms with Gasteiger partial charge in [-0.1, -0.05) is 34.6 Å². The van der Waals surface area contributed by atoms with E-state index >= 15 is 0 Å². The third-order valence-electron chi connectivity index (χ3n) is 4.70. The number of nitrogens with zero attached hydrogens (tertiary/aromatic N) is 1. The van der Waals surface area contributed by atoms with E-state index in [4.69, 9.17) is 5.73 Å². The fourth-order valence-electron chi connectivity index (χ4n) is 4.19. The summed E-state index contributed by atoms with van der Waals surface area (Å²) in [6.45, 7) is 11.9. The zero-order chi connectivity index (χ0) is 13.7. The van der Waals surface area contributed by atoms with Gasteiger partial charge in [-0.05, 0) is 36.0 Å². The third kappa shape index (κ3) is 3.25. The van der Waals surface area contributed by atoms with Gasteiger partial charge in [0.1, 0.15) is 0 Å². The second-order valence-corrected chi connectivity index (χ2v) is 7.95. The average Bonchev–Trinajstić information content (AvgIpc) is 2.45. The van der Waals surface area contributed by atoms with Crippen LogP contribution in [0.2, 0.25) is 0 Å². The maximum absolute atomic E-state index is 12.5. The number of fused-ring (bicyclic) bond motifs is 2. The van der Waals surface area contributed by atoms with E-state index in [2.05, 4.69) is 25.7 Å². The fourth-order valence-corrected chi connectivity index (χ4v) is 4.19. The van der Waals surface area contributed by atoms with E-state index in [9.17, 15) is 4.79 Å². The molecular formula is C15H29ClN2O. The summed E-state index contributed by atoms with van der Waals surface area (Å²) in [7, 11) is 0. The van der Waals surface area contributed by atoms with Crippen LogP contribution >= 0.6 is 12.4 Å². The molecule has 1 aliphatic carbocycles. The quantitative estimate of drug-likeness (QED) is 0.849. The van der Waals surface area contributed by atoms with Crippen LogP contribution in [0.4, 0.5) is 0 Å². The summed E-state index contributed by atoms with van der Waals surface area (Å²) in [5, 5.41) is 0. The first-order chi connectivity index (χ1) is 8.14. The van der Waals surface area contributed by atoms with Crippen molar-refractivity contribution in [3.05, 3.63) is 0 Å². The van der Waals surface area contributed by atoms with Crippen LogP contribution in [-0.4, -0.2) is 29.4 Å². The largest absolute Gasteiger partial charge is 0.338 e. The first-order valence-electron chi connectivity index (χ1n) is 7.20. The predicted octanol–water partition coefficient (Wildman–Crippen LogP) is 2.82. The highest BCUT2D eigenvalue weighted by molar-refractivity contribution is 5.85. The standard InChI is InChI=1S/C15H28N2O.ClH/c1-10(2)12(16)13(18)17-9-15(5)7-11(17)6-14(3,4)8-15;/h10-12H,6-9,16H2,1-5H3;1H/t11?,12-,15?;/m0./s1. The summed E-state index contributed by atoms with van der Waals surface area (Å²) in [5.74, 6) is 0.384. The molecule has 0 radical (unpaired) electrons. The number of likely N-dealkylation sites (tertiary alicyclic amines) is 1. The SMILES string of the molecule is CC(C)[C@H](N)C(=O)N1CC2(C)CC1CC(C)(C)C2.Cl. The van der Waals surface area contributed by atoms with E-state index in [1.807, 2.05) is 13.8 Å². The Morgan fingerprint density at radius 2 is 1.84 bits per heavy atom. The first-order valence-corrected chi connectivity index (χ1v) is 7.20. The van der Waals surface area contributed by atoms with Crippen molar-refractivity contribution in [3.63, 3.8) is 0 Å². The van der Waals surface area contributed by atoms with E-state index in [1.165, 1.54) is 6.42 Å². The van der Waals surface area contributed by atoms with Crippen molar-refractivity contribution in [3.8, 4) is 0 Å². The molecular weight excluding hydrogens is 260 g/mol. The lowest BCUT2D eigenvalue weighted by atomic mass is 9.65. The van der Waals surface area contributed by atoms with Crippen LogP contribution in [-0.2, 0) is 4.79 Å². The molecule has 2 aliphatic rings. The minimum absolute atomic E-state index is 0. The van der Waals surface area contributed by atoms with E-state index in [-0.39, 0.29) is 30.3 Å². The van der Waals surface area contributed by atoms with E-state index in [1.54, 1.807) is 0 Å². The lowest BCUT2D eigenvalue weighted by Crippen LogP contribution is -2.48. The Hall–Kier alpha value is -0.280. The average molecular weight is 289 g/mol. The van der Waals surface area contributed by atoms with Crippen molar-refractivity contribution in [2.45, 2.75) is 66.0 Å². The van der Waals surface area contributed by atoms with Gasteiger partial charge in [0.05, 0.1) is 6.04 Å². The van der Waals surface area contributed by atoms with Gasteiger partial charge >= 0.3 is 0 Å². The summed E-state index contributed by atoms with van der Waals surface area (Å²) >= 11 is 0. The highest BCUT2D eigenvalue weighted by Gasteiger charge is 2.51. The molecule has 1 aliphatic heterocycles. The second-order valence-electron chi connectivity index (χ2n) is 7.95. The summed E-state index contributed by atoms with van der Waals surface area (Å²) in [4.78, 5) is 14.6. The molecule has 2 unspecified atom stereocenters. The van der Waals surface area contributed by atoms with Crippen LogP contribution in [0.1, 0.15) is 53.9 Å². The summed E-state index contributed by atoms with van der Waals surface area (Å²) in [6.07, 6.45) is 3.50. The zero-order valence-electron chi connectivity index (χ0n) is 12.9. The maximum Gasteiger partial charge on any atom is 0.240 e. The molecule has 3 nitrogen and oxygen atoms in total. The molecule has 2 bridgehead atoms. The molecule has 3 atom stereocenters. The number of carbonyl (C=O) groups is 1. The third-order valence-corrected chi connectivity index (χ3v) is 4.70. The molecule has 1 saturated heterocycles. The smallest absolute Gasteiger partial charge is 0.240 e. The van der Waals surface area contributed by atoms with Crippen molar-refractivity contribution >= 4 is 18.3 Å². The molecule has 2 fully saturated rings. The highest BCUT2D eigenvalue weighted by Crippen LogP contribution is 2.52. The van der Waals surface area contributed by atoms with Crippen LogP contribution in [0.25, 0.3) is 0 Å². The monoisotopic (exact) mass is 288 g/mol. The van der Waals surface area contributed by atoms with Gasteiger partial charge < -0.3 is 10.6 Å². The van der Waals surface area contributed by atoms with Gasteiger partial charge in [0.2, 0.25) is 5.91 Å². The molecule has 2 rings (SSSR count). The molecule has 0 aromatic carbocycles. The first kappa shape index (κ1) is 16.8. The van der Waals surface area contributed by atoms with Crippen molar-refractivity contribution in [2.75, 3.05) is 6.54 Å². The molecule has 0 aromatic heterocycles. The predicted molar refractivity (Wildman–Crippen MR) is 81.3 cm³/mol. The lowest BCUT2D eigenvalue weighted by Gasteiger charge is -2.39. The van der Waals surface area contributed by atoms with Crippen LogP contribution in [0.5, 0.6) is 0 Å². The number of hydrogen-bond donors (Lipinski definition) is 1. The number of nitrogens with two attached hydrogens (primary N) is 1. The number of halogens is 1. The van der Waals surface area contributed by atoms with Crippen LogP contribution in [0.3, 0.4) is 0 Å². The molecule has 112 valence electrons. The maximum atomic E-state index is 12.5. The highest BCUT2D eigenvalue weighted by atomic mass is 35.5. The fraction of sp³-hybridized carbons (Fsp3) is 0.933. The number of hydrogen-bond acceptors (Lipinski definition) is 2. The van der Waals surface area contributed by atoms with E-state index < -0.39 is 0 Å². The van der Waals surface area contributed by atoms with Gasteiger partial charge in [0, 0.05) is 12.6 Å². The van der Waals surface area contributed by atoms with Gasteiger partial charge in [0.15, 0.2) is 0 Å². The Balaban J connectivity index is 0.00000180. The van der Waals surface area contributed by atoms with Gasteiger partial charge in [-0.15, -0.1) is 12.4 Å². The van der Waals surface area contributed by atoms with Gasteiger partial charge in [-0.25, -0.2) is 0 Å². The van der Waals surface area contributed by atoms with Crippen molar-refractivity contribution in [1.82, 2.24) is 4.90 Å². The zero-order valence-corrected chi connectivity index (χ0v) is 13.7. The number of carbonyl (C=O) groups excluding carboxylic acids is 1. The van der Waals surface area contributed by atoms with Gasteiger partial charge in [0.25, 0.3) is 0 Å². The van der Waals surface area contributed by atoms with Crippen molar-refractivity contribution in [2.24, 2.45) is 22.5 Å². The topological polar surface area (TPSA) is 46.3 Å². The lowest BCUT2D eigenvalue weighted by molar-refractivity contribution is -0.134. The van der Waals surface area contributed by atoms with Crippen LogP contribution in [0, 0.1) is 16.7 Å². The Morgan fingerprint density at radius 3 is 2.37 bits per heavy atom. The van der Waals surface area contributed by atoms with Crippen molar-refractivity contribution < 1.29 is 4.79 Å². The normalized spacial score (nSPS) is 34.1. The number of rotatable bonds is 2. The second kappa shape index (κ2) is 5.25. The number of amides is 1. The molecule has 0 spiro atoms. The molecule has 1 heterocycles. The van der Waals surface area contributed by atoms with Crippen LogP contribution < -0.4 is 5.73 Å². The molecule has 19 heavy (non-hydrogen) atoms. The summed E-state index contributed by atoms with van der Waals surface area (Å²) < 4.78 is 0. The summed E-state index contributed by atoms with van der Waals surface area (Å²) in [6, 6.07) is 0.0760. The Kier molecular flexibility index (Phi) is 4.63. The van der Waals surface area contributed by atoms with Gasteiger partial charge in [-0.3, -0.25) is 4.79 Å². The molecule has 0 aromatic rings.